The van der Waals surface area contributed by atoms with Crippen molar-refractivity contribution in [2.45, 2.75) is 19.3 Å². The normalized spacial score (nSPS) is 17.2. The second-order valence-electron chi connectivity index (χ2n) is 4.04. The van der Waals surface area contributed by atoms with Crippen LogP contribution < -0.4 is 4.90 Å². The molecule has 78 valence electrons. The van der Waals surface area contributed by atoms with E-state index in [0.717, 1.165) is 5.52 Å². The summed E-state index contributed by atoms with van der Waals surface area (Å²) in [5.41, 5.74) is 2.36. The molecule has 1 aliphatic heterocycles. The first kappa shape index (κ1) is 8.71. The molecule has 0 N–H and O–H groups in total. The molecule has 0 spiro atoms. The Morgan fingerprint density at radius 1 is 1.13 bits per heavy atom. The SMILES string of the molecule is c1cn2nncc2cc1N1CCCCC1. The number of anilines is 1. The van der Waals surface area contributed by atoms with Crippen molar-refractivity contribution in [1.82, 2.24) is 14.8 Å². The Bertz CT molecular complexity index is 456. The molecule has 1 aliphatic rings. The Balaban J connectivity index is 1.95. The van der Waals surface area contributed by atoms with E-state index >= 15 is 0 Å². The lowest BCUT2D eigenvalue weighted by atomic mass is 10.1. The van der Waals surface area contributed by atoms with Crippen molar-refractivity contribution in [3.05, 3.63) is 24.5 Å². The first-order valence-corrected chi connectivity index (χ1v) is 5.48. The fraction of sp³-hybridized carbons (Fsp3) is 0.455. The zero-order valence-electron chi connectivity index (χ0n) is 8.63. The molecule has 0 bridgehead atoms. The lowest BCUT2D eigenvalue weighted by Crippen LogP contribution is -2.29. The van der Waals surface area contributed by atoms with Crippen LogP contribution in [0.15, 0.2) is 24.5 Å². The molecule has 0 aromatic carbocycles. The molecule has 0 unspecified atom stereocenters. The van der Waals surface area contributed by atoms with E-state index in [2.05, 4.69) is 27.3 Å². The Kier molecular flexibility index (Phi) is 2.05. The summed E-state index contributed by atoms with van der Waals surface area (Å²) in [6.45, 7) is 2.36. The third-order valence-electron chi connectivity index (χ3n) is 3.01. The molecule has 1 saturated heterocycles. The van der Waals surface area contributed by atoms with E-state index in [0.29, 0.717) is 0 Å². The van der Waals surface area contributed by atoms with Crippen LogP contribution in [0.4, 0.5) is 5.69 Å². The topological polar surface area (TPSA) is 33.4 Å². The van der Waals surface area contributed by atoms with E-state index in [1.807, 2.05) is 6.20 Å². The molecular formula is C11H14N4. The third-order valence-corrected chi connectivity index (χ3v) is 3.01. The van der Waals surface area contributed by atoms with Crippen molar-refractivity contribution >= 4 is 11.2 Å². The zero-order valence-corrected chi connectivity index (χ0v) is 8.63. The number of piperidine rings is 1. The molecule has 0 saturated carbocycles. The van der Waals surface area contributed by atoms with Gasteiger partial charge in [-0.25, -0.2) is 4.52 Å². The van der Waals surface area contributed by atoms with Gasteiger partial charge in [-0.15, -0.1) is 5.10 Å². The molecule has 4 heteroatoms. The lowest BCUT2D eigenvalue weighted by molar-refractivity contribution is 0.577. The lowest BCUT2D eigenvalue weighted by Gasteiger charge is -2.28. The minimum absolute atomic E-state index is 1.07. The fourth-order valence-electron chi connectivity index (χ4n) is 2.17. The molecule has 0 atom stereocenters. The molecule has 3 rings (SSSR count). The summed E-state index contributed by atoms with van der Waals surface area (Å²) in [5.74, 6) is 0. The molecule has 3 heterocycles. The van der Waals surface area contributed by atoms with E-state index < -0.39 is 0 Å². The molecule has 2 aromatic heterocycles. The van der Waals surface area contributed by atoms with Crippen molar-refractivity contribution in [2.75, 3.05) is 18.0 Å². The van der Waals surface area contributed by atoms with Crippen LogP contribution in [0.3, 0.4) is 0 Å². The largest absolute Gasteiger partial charge is 0.371 e. The van der Waals surface area contributed by atoms with E-state index in [1.165, 1.54) is 38.0 Å². The monoisotopic (exact) mass is 202 g/mol. The number of aromatic nitrogens is 3. The second-order valence-corrected chi connectivity index (χ2v) is 4.04. The molecule has 15 heavy (non-hydrogen) atoms. The minimum Gasteiger partial charge on any atom is -0.371 e. The van der Waals surface area contributed by atoms with Gasteiger partial charge in [-0.05, 0) is 31.4 Å². The van der Waals surface area contributed by atoms with Gasteiger partial charge in [0.1, 0.15) is 0 Å². The Labute approximate surface area is 88.5 Å². The van der Waals surface area contributed by atoms with Crippen LogP contribution in [-0.4, -0.2) is 27.9 Å². The van der Waals surface area contributed by atoms with Crippen LogP contribution in [0, 0.1) is 0 Å². The van der Waals surface area contributed by atoms with Crippen molar-refractivity contribution in [2.24, 2.45) is 0 Å². The average Bonchev–Trinajstić information content (AvgIpc) is 2.77. The maximum atomic E-state index is 3.95. The van der Waals surface area contributed by atoms with Gasteiger partial charge in [-0.3, -0.25) is 0 Å². The molecule has 4 nitrogen and oxygen atoms in total. The van der Waals surface area contributed by atoms with Gasteiger partial charge in [-0.1, -0.05) is 5.21 Å². The van der Waals surface area contributed by atoms with Gasteiger partial charge in [0.05, 0.1) is 11.7 Å². The van der Waals surface area contributed by atoms with Crippen LogP contribution in [0.1, 0.15) is 19.3 Å². The Morgan fingerprint density at radius 3 is 2.87 bits per heavy atom. The third kappa shape index (κ3) is 1.56. The van der Waals surface area contributed by atoms with Crippen molar-refractivity contribution < 1.29 is 0 Å². The predicted molar refractivity (Wildman–Crippen MR) is 59.1 cm³/mol. The summed E-state index contributed by atoms with van der Waals surface area (Å²) >= 11 is 0. The van der Waals surface area contributed by atoms with Gasteiger partial charge in [0, 0.05) is 25.0 Å². The molecule has 0 radical (unpaired) electrons. The zero-order chi connectivity index (χ0) is 10.1. The molecule has 2 aromatic rings. The average molecular weight is 202 g/mol. The van der Waals surface area contributed by atoms with Gasteiger partial charge in [-0.2, -0.15) is 0 Å². The van der Waals surface area contributed by atoms with Gasteiger partial charge in [0.15, 0.2) is 0 Å². The molecular weight excluding hydrogens is 188 g/mol. The van der Waals surface area contributed by atoms with Gasteiger partial charge >= 0.3 is 0 Å². The Hall–Kier alpha value is -1.58. The smallest absolute Gasteiger partial charge is 0.0885 e. The second kappa shape index (κ2) is 3.53. The van der Waals surface area contributed by atoms with Crippen LogP contribution >= 0.6 is 0 Å². The summed E-state index contributed by atoms with van der Waals surface area (Å²) in [7, 11) is 0. The van der Waals surface area contributed by atoms with E-state index in [-0.39, 0.29) is 0 Å². The maximum Gasteiger partial charge on any atom is 0.0885 e. The number of hydrogen-bond donors (Lipinski definition) is 0. The van der Waals surface area contributed by atoms with Crippen molar-refractivity contribution in [1.29, 1.82) is 0 Å². The van der Waals surface area contributed by atoms with Crippen LogP contribution in [0.5, 0.6) is 0 Å². The molecule has 0 amide bonds. The quantitative estimate of drug-likeness (QED) is 0.706. The van der Waals surface area contributed by atoms with Gasteiger partial charge in [0.25, 0.3) is 0 Å². The van der Waals surface area contributed by atoms with E-state index in [1.54, 1.807) is 10.7 Å². The summed E-state index contributed by atoms with van der Waals surface area (Å²) in [5, 5.41) is 7.84. The van der Waals surface area contributed by atoms with Crippen LogP contribution in [0.25, 0.3) is 5.52 Å². The van der Waals surface area contributed by atoms with E-state index in [9.17, 15) is 0 Å². The van der Waals surface area contributed by atoms with Crippen molar-refractivity contribution in [3.8, 4) is 0 Å². The predicted octanol–water partition coefficient (Wildman–Crippen LogP) is 1.72. The maximum absolute atomic E-state index is 3.95. The minimum atomic E-state index is 1.07. The van der Waals surface area contributed by atoms with Crippen LogP contribution in [0.2, 0.25) is 0 Å². The number of pyridine rings is 1. The highest BCUT2D eigenvalue weighted by Crippen LogP contribution is 2.20. The highest BCUT2D eigenvalue weighted by atomic mass is 15.4. The highest BCUT2D eigenvalue weighted by Gasteiger charge is 2.11. The highest BCUT2D eigenvalue weighted by molar-refractivity contribution is 5.58. The first-order chi connectivity index (χ1) is 7.43. The summed E-state index contributed by atoms with van der Waals surface area (Å²) in [4.78, 5) is 2.44. The Morgan fingerprint density at radius 2 is 2.00 bits per heavy atom. The summed E-state index contributed by atoms with van der Waals surface area (Å²) in [6, 6.07) is 4.28. The summed E-state index contributed by atoms with van der Waals surface area (Å²) < 4.78 is 1.80. The van der Waals surface area contributed by atoms with Crippen LogP contribution in [-0.2, 0) is 0 Å². The number of nitrogens with zero attached hydrogens (tertiary/aromatic N) is 4. The standard InChI is InChI=1S/C11H14N4/c1-2-5-14(6-3-1)10-4-7-15-11(8-10)9-12-13-15/h4,7-9H,1-3,5-6H2. The van der Waals surface area contributed by atoms with Gasteiger partial charge in [0.2, 0.25) is 0 Å². The number of hydrogen-bond acceptors (Lipinski definition) is 3. The van der Waals surface area contributed by atoms with Gasteiger partial charge < -0.3 is 4.90 Å². The number of fused-ring (bicyclic) bond motifs is 1. The first-order valence-electron chi connectivity index (χ1n) is 5.48. The summed E-state index contributed by atoms with van der Waals surface area (Å²) in [6.07, 6.45) is 7.76. The fourth-order valence-corrected chi connectivity index (χ4v) is 2.17. The van der Waals surface area contributed by atoms with Crippen molar-refractivity contribution in [3.63, 3.8) is 0 Å². The molecule has 0 aliphatic carbocycles. The molecule has 1 fully saturated rings. The van der Waals surface area contributed by atoms with E-state index in [4.69, 9.17) is 0 Å². The number of rotatable bonds is 1.